The van der Waals surface area contributed by atoms with Crippen LogP contribution in [0, 0.1) is 6.92 Å². The van der Waals surface area contributed by atoms with Crippen molar-refractivity contribution in [2.75, 3.05) is 13.6 Å². The maximum absolute atomic E-state index is 12.8. The summed E-state index contributed by atoms with van der Waals surface area (Å²) in [6.45, 7) is 4.59. The van der Waals surface area contributed by atoms with Gasteiger partial charge >= 0.3 is 0 Å². The molecule has 0 saturated heterocycles. The average Bonchev–Trinajstić information content (AvgIpc) is 3.23. The average molecular weight is 380 g/mol. The summed E-state index contributed by atoms with van der Waals surface area (Å²) in [5.41, 5.74) is 3.63. The second kappa shape index (κ2) is 8.98. The Kier molecular flexibility index (Phi) is 6.43. The summed E-state index contributed by atoms with van der Waals surface area (Å²) >= 11 is 1.74. The van der Waals surface area contributed by atoms with Gasteiger partial charge in [-0.15, -0.1) is 11.3 Å². The van der Waals surface area contributed by atoms with Crippen molar-refractivity contribution < 1.29 is 10.1 Å². The minimum atomic E-state index is 0.0617. The molecule has 0 aliphatic carbocycles. The molecule has 3 rings (SSSR count). The fourth-order valence-corrected chi connectivity index (χ4v) is 4.04. The number of hydrogen-bond donors (Lipinski definition) is 1. The molecule has 0 bridgehead atoms. The molecule has 1 heterocycles. The third-order valence-corrected chi connectivity index (χ3v) is 6.03. The third kappa shape index (κ3) is 4.85. The first kappa shape index (κ1) is 19.3. The van der Waals surface area contributed by atoms with Gasteiger partial charge in [0.15, 0.2) is 6.54 Å². The molecule has 2 N–H and O–H groups in total. The standard InChI is InChI=1S/C23H26N2OS/c1-17-11-13-20(14-12-17)23(21-10-7-15-27-21)24-16-22(26)25(3)18(2)19-8-5-4-6-9-19/h4-15,18,23-24H,16H2,1-3H3/p+1/t18-,23+/m1/s1. The molecule has 4 heteroatoms. The van der Waals surface area contributed by atoms with Crippen LogP contribution in [0.4, 0.5) is 0 Å². The number of thiophene rings is 1. The lowest BCUT2D eigenvalue weighted by Crippen LogP contribution is -2.87. The Balaban J connectivity index is 1.69. The van der Waals surface area contributed by atoms with Crippen LogP contribution in [0.3, 0.4) is 0 Å². The van der Waals surface area contributed by atoms with Crippen molar-refractivity contribution in [3.63, 3.8) is 0 Å². The van der Waals surface area contributed by atoms with E-state index in [1.54, 1.807) is 11.3 Å². The number of benzene rings is 2. The molecule has 140 valence electrons. The van der Waals surface area contributed by atoms with E-state index >= 15 is 0 Å². The predicted molar refractivity (Wildman–Crippen MR) is 112 cm³/mol. The lowest BCUT2D eigenvalue weighted by atomic mass is 10.0. The summed E-state index contributed by atoms with van der Waals surface area (Å²) in [5, 5.41) is 4.24. The highest BCUT2D eigenvalue weighted by atomic mass is 32.1. The molecule has 3 aromatic rings. The van der Waals surface area contributed by atoms with E-state index in [4.69, 9.17) is 0 Å². The van der Waals surface area contributed by atoms with Gasteiger partial charge in [-0.3, -0.25) is 4.79 Å². The van der Waals surface area contributed by atoms with Crippen LogP contribution < -0.4 is 5.32 Å². The Labute approximate surface area is 165 Å². The Hall–Kier alpha value is -2.43. The summed E-state index contributed by atoms with van der Waals surface area (Å²) < 4.78 is 0. The molecule has 0 spiro atoms. The molecule has 2 aromatic carbocycles. The number of carbonyl (C=O) groups excluding carboxylic acids is 1. The first-order valence-corrected chi connectivity index (χ1v) is 10.2. The smallest absolute Gasteiger partial charge is 0.277 e. The van der Waals surface area contributed by atoms with Crippen molar-refractivity contribution in [3.8, 4) is 0 Å². The Morgan fingerprint density at radius 2 is 1.70 bits per heavy atom. The number of likely N-dealkylation sites (N-methyl/N-ethyl adjacent to an activating group) is 1. The summed E-state index contributed by atoms with van der Waals surface area (Å²) in [7, 11) is 1.89. The van der Waals surface area contributed by atoms with Crippen LogP contribution >= 0.6 is 11.3 Å². The fraction of sp³-hybridized carbons (Fsp3) is 0.261. The van der Waals surface area contributed by atoms with Gasteiger partial charge in [-0.05, 0) is 30.9 Å². The van der Waals surface area contributed by atoms with Gasteiger partial charge in [0.25, 0.3) is 5.91 Å². The first-order valence-electron chi connectivity index (χ1n) is 9.30. The monoisotopic (exact) mass is 379 g/mol. The number of carbonyl (C=O) groups is 1. The zero-order valence-electron chi connectivity index (χ0n) is 16.1. The molecule has 3 nitrogen and oxygen atoms in total. The molecule has 0 saturated carbocycles. The van der Waals surface area contributed by atoms with Crippen molar-refractivity contribution >= 4 is 17.2 Å². The lowest BCUT2D eigenvalue weighted by Gasteiger charge is -2.25. The highest BCUT2D eigenvalue weighted by Crippen LogP contribution is 2.23. The number of hydrogen-bond acceptors (Lipinski definition) is 2. The Morgan fingerprint density at radius 1 is 1.00 bits per heavy atom. The summed E-state index contributed by atoms with van der Waals surface area (Å²) in [6, 6.07) is 23.2. The van der Waals surface area contributed by atoms with Crippen molar-refractivity contribution in [2.45, 2.75) is 25.9 Å². The number of rotatable bonds is 7. The van der Waals surface area contributed by atoms with Crippen LogP contribution in [0.1, 0.15) is 40.6 Å². The summed E-state index contributed by atoms with van der Waals surface area (Å²) in [4.78, 5) is 15.9. The van der Waals surface area contributed by atoms with Gasteiger partial charge in [0.2, 0.25) is 0 Å². The SMILES string of the molecule is Cc1ccc([C@H]([NH2+]CC(=O)N(C)[C@H](C)c2ccccc2)c2cccs2)cc1. The van der Waals surface area contributed by atoms with E-state index in [1.165, 1.54) is 16.0 Å². The predicted octanol–water partition coefficient (Wildman–Crippen LogP) is 3.93. The van der Waals surface area contributed by atoms with E-state index in [1.807, 2.05) is 30.1 Å². The second-order valence-corrected chi connectivity index (χ2v) is 7.91. The molecular formula is C23H27N2OS+. The van der Waals surface area contributed by atoms with Gasteiger partial charge in [-0.1, -0.05) is 66.2 Å². The third-order valence-electron chi connectivity index (χ3n) is 5.07. The maximum Gasteiger partial charge on any atom is 0.277 e. The molecule has 2 atom stereocenters. The molecule has 0 radical (unpaired) electrons. The van der Waals surface area contributed by atoms with Gasteiger partial charge in [0.1, 0.15) is 6.04 Å². The Bertz CT molecular complexity index is 844. The number of aryl methyl sites for hydroxylation is 1. The van der Waals surface area contributed by atoms with E-state index in [2.05, 4.69) is 73.1 Å². The van der Waals surface area contributed by atoms with Crippen molar-refractivity contribution in [1.82, 2.24) is 4.90 Å². The molecule has 1 aromatic heterocycles. The van der Waals surface area contributed by atoms with Gasteiger partial charge in [-0.2, -0.15) is 0 Å². The van der Waals surface area contributed by atoms with E-state index in [-0.39, 0.29) is 18.0 Å². The molecule has 27 heavy (non-hydrogen) atoms. The van der Waals surface area contributed by atoms with Crippen LogP contribution in [0.25, 0.3) is 0 Å². The van der Waals surface area contributed by atoms with Crippen molar-refractivity contribution in [3.05, 3.63) is 93.7 Å². The minimum Gasteiger partial charge on any atom is -0.334 e. The maximum atomic E-state index is 12.8. The van der Waals surface area contributed by atoms with Gasteiger partial charge in [0.05, 0.1) is 10.9 Å². The van der Waals surface area contributed by atoms with E-state index in [0.717, 1.165) is 5.56 Å². The number of amides is 1. The zero-order chi connectivity index (χ0) is 19.2. The lowest BCUT2D eigenvalue weighted by molar-refractivity contribution is -0.676. The Morgan fingerprint density at radius 3 is 2.33 bits per heavy atom. The largest absolute Gasteiger partial charge is 0.334 e. The summed E-state index contributed by atoms with van der Waals surface area (Å²) in [5.74, 6) is 0.139. The fourth-order valence-electron chi connectivity index (χ4n) is 3.19. The zero-order valence-corrected chi connectivity index (χ0v) is 16.9. The van der Waals surface area contributed by atoms with Crippen LogP contribution in [0.15, 0.2) is 72.1 Å². The normalized spacial score (nSPS) is 13.1. The minimum absolute atomic E-state index is 0.0617. The van der Waals surface area contributed by atoms with Crippen molar-refractivity contribution in [2.24, 2.45) is 0 Å². The molecule has 0 unspecified atom stereocenters. The van der Waals surface area contributed by atoms with E-state index < -0.39 is 0 Å². The first-order chi connectivity index (χ1) is 13.1. The molecule has 0 fully saturated rings. The van der Waals surface area contributed by atoms with E-state index in [0.29, 0.717) is 6.54 Å². The molecule has 0 aliphatic heterocycles. The van der Waals surface area contributed by atoms with Gasteiger partial charge < -0.3 is 10.2 Å². The second-order valence-electron chi connectivity index (χ2n) is 6.93. The van der Waals surface area contributed by atoms with Crippen LogP contribution in [-0.2, 0) is 4.79 Å². The van der Waals surface area contributed by atoms with Crippen molar-refractivity contribution in [1.29, 1.82) is 0 Å². The molecular weight excluding hydrogens is 352 g/mol. The van der Waals surface area contributed by atoms with Gasteiger partial charge in [0, 0.05) is 12.6 Å². The topological polar surface area (TPSA) is 36.9 Å². The van der Waals surface area contributed by atoms with Crippen LogP contribution in [-0.4, -0.2) is 24.4 Å². The van der Waals surface area contributed by atoms with Crippen LogP contribution in [0.5, 0.6) is 0 Å². The van der Waals surface area contributed by atoms with Gasteiger partial charge in [-0.25, -0.2) is 0 Å². The molecule has 1 amide bonds. The molecule has 0 aliphatic rings. The van der Waals surface area contributed by atoms with Crippen LogP contribution in [0.2, 0.25) is 0 Å². The highest BCUT2D eigenvalue weighted by Gasteiger charge is 2.23. The quantitative estimate of drug-likeness (QED) is 0.663. The van der Waals surface area contributed by atoms with E-state index in [9.17, 15) is 4.79 Å². The summed E-state index contributed by atoms with van der Waals surface area (Å²) in [6.07, 6.45) is 0. The number of nitrogens with zero attached hydrogens (tertiary/aromatic N) is 1. The number of quaternary nitrogens is 1. The number of nitrogens with two attached hydrogens (primary N) is 1. The highest BCUT2D eigenvalue weighted by molar-refractivity contribution is 7.10.